The predicted molar refractivity (Wildman–Crippen MR) is 68.7 cm³/mol. The van der Waals surface area contributed by atoms with E-state index in [1.54, 1.807) is 6.20 Å². The second-order valence-electron chi connectivity index (χ2n) is 5.44. The van der Waals surface area contributed by atoms with Crippen LogP contribution in [0, 0.1) is 5.41 Å². The van der Waals surface area contributed by atoms with Crippen molar-refractivity contribution in [3.8, 4) is 0 Å². The van der Waals surface area contributed by atoms with Crippen LogP contribution in [0.3, 0.4) is 0 Å². The Morgan fingerprint density at radius 3 is 2.47 bits per heavy atom. The topological polar surface area (TPSA) is 46.0 Å². The molecule has 1 unspecified atom stereocenters. The minimum Gasteiger partial charge on any atom is -0.392 e. The molecule has 1 aromatic carbocycles. The Labute approximate surface area is 102 Å². The van der Waals surface area contributed by atoms with Crippen LogP contribution < -0.4 is 0 Å². The lowest BCUT2D eigenvalue weighted by atomic mass is 9.86. The van der Waals surface area contributed by atoms with Gasteiger partial charge in [-0.25, -0.2) is 4.98 Å². The Hall–Kier alpha value is -1.48. The Morgan fingerprint density at radius 1 is 1.18 bits per heavy atom. The molecule has 0 bridgehead atoms. The van der Waals surface area contributed by atoms with Gasteiger partial charge in [-0.05, 0) is 17.5 Å². The van der Waals surface area contributed by atoms with E-state index >= 15 is 0 Å². The summed E-state index contributed by atoms with van der Waals surface area (Å²) >= 11 is 0. The molecule has 2 rings (SSSR count). The molecule has 0 saturated carbocycles. The van der Waals surface area contributed by atoms with Crippen molar-refractivity contribution in [1.29, 1.82) is 0 Å². The number of hydrogen-bond donors (Lipinski definition) is 1. The van der Waals surface area contributed by atoms with Gasteiger partial charge in [-0.15, -0.1) is 0 Å². The Morgan fingerprint density at radius 2 is 1.82 bits per heavy atom. The van der Waals surface area contributed by atoms with Crippen molar-refractivity contribution in [3.63, 3.8) is 0 Å². The van der Waals surface area contributed by atoms with Crippen molar-refractivity contribution < 1.29 is 5.11 Å². The van der Waals surface area contributed by atoms with Gasteiger partial charge in [-0.1, -0.05) is 32.9 Å². The van der Waals surface area contributed by atoms with Gasteiger partial charge in [0.25, 0.3) is 0 Å². The van der Waals surface area contributed by atoms with Crippen molar-refractivity contribution in [2.24, 2.45) is 5.41 Å². The first-order valence-corrected chi connectivity index (χ1v) is 5.85. The van der Waals surface area contributed by atoms with Gasteiger partial charge in [0, 0.05) is 12.6 Å². The van der Waals surface area contributed by atoms with Crippen LogP contribution in [0.25, 0.3) is 11.0 Å². The van der Waals surface area contributed by atoms with Crippen molar-refractivity contribution in [1.82, 2.24) is 9.97 Å². The van der Waals surface area contributed by atoms with Gasteiger partial charge in [0.05, 0.1) is 22.8 Å². The lowest BCUT2D eigenvalue weighted by molar-refractivity contribution is 0.0628. The molecule has 3 heteroatoms. The van der Waals surface area contributed by atoms with Crippen molar-refractivity contribution in [3.05, 3.63) is 36.2 Å². The van der Waals surface area contributed by atoms with Crippen LogP contribution in [0.15, 0.2) is 30.5 Å². The van der Waals surface area contributed by atoms with Crippen LogP contribution in [0.5, 0.6) is 0 Å². The summed E-state index contributed by atoms with van der Waals surface area (Å²) < 4.78 is 0. The smallest absolute Gasteiger partial charge is 0.0890 e. The van der Waals surface area contributed by atoms with Gasteiger partial charge < -0.3 is 5.11 Å². The minimum atomic E-state index is -0.405. The van der Waals surface area contributed by atoms with E-state index in [0.717, 1.165) is 16.7 Å². The first-order chi connectivity index (χ1) is 7.97. The van der Waals surface area contributed by atoms with E-state index in [4.69, 9.17) is 0 Å². The predicted octanol–water partition coefficient (Wildman–Crippen LogP) is 2.58. The van der Waals surface area contributed by atoms with Crippen LogP contribution in [0.1, 0.15) is 26.5 Å². The Balaban J connectivity index is 2.25. The fourth-order valence-electron chi connectivity index (χ4n) is 1.60. The second kappa shape index (κ2) is 4.41. The van der Waals surface area contributed by atoms with Gasteiger partial charge >= 0.3 is 0 Å². The summed E-state index contributed by atoms with van der Waals surface area (Å²) in [7, 11) is 0. The van der Waals surface area contributed by atoms with Crippen LogP contribution in [0.4, 0.5) is 0 Å². The third-order valence-corrected chi connectivity index (χ3v) is 2.90. The quantitative estimate of drug-likeness (QED) is 0.862. The van der Waals surface area contributed by atoms with E-state index in [2.05, 4.69) is 9.97 Å². The maximum absolute atomic E-state index is 10.0. The van der Waals surface area contributed by atoms with Gasteiger partial charge in [-0.2, -0.15) is 0 Å². The third-order valence-electron chi connectivity index (χ3n) is 2.90. The summed E-state index contributed by atoms with van der Waals surface area (Å²) in [5.74, 6) is 0. The number of fused-ring (bicyclic) bond motifs is 1. The van der Waals surface area contributed by atoms with Gasteiger partial charge in [0.1, 0.15) is 0 Å². The maximum atomic E-state index is 10.0. The van der Waals surface area contributed by atoms with E-state index in [1.165, 1.54) is 0 Å². The Kier molecular flexibility index (Phi) is 3.11. The average Bonchev–Trinajstić information content (AvgIpc) is 2.27. The number of aliphatic hydroxyl groups is 1. The van der Waals surface area contributed by atoms with E-state index in [9.17, 15) is 5.11 Å². The first kappa shape index (κ1) is 12.0. The number of aliphatic hydroxyl groups excluding tert-OH is 1. The summed E-state index contributed by atoms with van der Waals surface area (Å²) in [6.07, 6.45) is 1.89. The van der Waals surface area contributed by atoms with Gasteiger partial charge in [-0.3, -0.25) is 4.98 Å². The van der Waals surface area contributed by atoms with Crippen molar-refractivity contribution >= 4 is 11.0 Å². The zero-order valence-electron chi connectivity index (χ0n) is 10.5. The molecule has 0 spiro atoms. The van der Waals surface area contributed by atoms with E-state index < -0.39 is 6.10 Å². The molecule has 90 valence electrons. The average molecular weight is 230 g/mol. The summed E-state index contributed by atoms with van der Waals surface area (Å²) in [5.41, 5.74) is 2.48. The molecule has 0 radical (unpaired) electrons. The standard InChI is InChI=1S/C14H18N2O/c1-14(2,3)13(17)8-10-9-15-11-6-4-5-7-12(11)16-10/h4-7,9,13,17H,8H2,1-3H3. The molecule has 1 atom stereocenters. The maximum Gasteiger partial charge on any atom is 0.0890 e. The number of rotatable bonds is 2. The highest BCUT2D eigenvalue weighted by atomic mass is 16.3. The molecule has 17 heavy (non-hydrogen) atoms. The molecular weight excluding hydrogens is 212 g/mol. The van der Waals surface area contributed by atoms with E-state index in [0.29, 0.717) is 6.42 Å². The van der Waals surface area contributed by atoms with Crippen LogP contribution in [-0.4, -0.2) is 21.2 Å². The molecule has 0 aliphatic rings. The minimum absolute atomic E-state index is 0.132. The number of para-hydroxylation sites is 2. The number of nitrogens with zero attached hydrogens (tertiary/aromatic N) is 2. The van der Waals surface area contributed by atoms with E-state index in [1.807, 2.05) is 45.0 Å². The largest absolute Gasteiger partial charge is 0.392 e. The molecule has 0 saturated heterocycles. The van der Waals surface area contributed by atoms with Crippen molar-refractivity contribution in [2.75, 3.05) is 0 Å². The molecule has 1 aromatic heterocycles. The zero-order chi connectivity index (χ0) is 12.5. The normalized spacial score (nSPS) is 13.9. The molecule has 1 N–H and O–H groups in total. The molecule has 1 heterocycles. The van der Waals surface area contributed by atoms with E-state index in [-0.39, 0.29) is 5.41 Å². The van der Waals surface area contributed by atoms with Gasteiger partial charge in [0.15, 0.2) is 0 Å². The zero-order valence-corrected chi connectivity index (χ0v) is 10.5. The van der Waals surface area contributed by atoms with Crippen LogP contribution in [-0.2, 0) is 6.42 Å². The second-order valence-corrected chi connectivity index (χ2v) is 5.44. The van der Waals surface area contributed by atoms with Crippen LogP contribution >= 0.6 is 0 Å². The summed E-state index contributed by atoms with van der Waals surface area (Å²) in [6.45, 7) is 6.06. The third kappa shape index (κ3) is 2.80. The number of aromatic nitrogens is 2. The molecule has 0 fully saturated rings. The SMILES string of the molecule is CC(C)(C)C(O)Cc1cnc2ccccc2n1. The number of hydrogen-bond acceptors (Lipinski definition) is 3. The molecule has 0 aliphatic heterocycles. The lowest BCUT2D eigenvalue weighted by Gasteiger charge is -2.25. The molecule has 0 amide bonds. The highest BCUT2D eigenvalue weighted by molar-refractivity contribution is 5.73. The van der Waals surface area contributed by atoms with Crippen molar-refractivity contribution in [2.45, 2.75) is 33.3 Å². The first-order valence-electron chi connectivity index (χ1n) is 5.85. The Bertz CT molecular complexity index is 517. The fourth-order valence-corrected chi connectivity index (χ4v) is 1.60. The number of benzene rings is 1. The monoisotopic (exact) mass is 230 g/mol. The molecule has 0 aliphatic carbocycles. The highest BCUT2D eigenvalue weighted by Crippen LogP contribution is 2.22. The van der Waals surface area contributed by atoms with Gasteiger partial charge in [0.2, 0.25) is 0 Å². The molecular formula is C14H18N2O. The summed E-state index contributed by atoms with van der Waals surface area (Å²) in [6, 6.07) is 7.77. The summed E-state index contributed by atoms with van der Waals surface area (Å²) in [5, 5.41) is 10.0. The highest BCUT2D eigenvalue weighted by Gasteiger charge is 2.22. The fraction of sp³-hybridized carbons (Fsp3) is 0.429. The molecule has 3 nitrogen and oxygen atoms in total. The van der Waals surface area contributed by atoms with Crippen LogP contribution in [0.2, 0.25) is 0 Å². The summed E-state index contributed by atoms with van der Waals surface area (Å²) in [4.78, 5) is 8.85. The molecule has 2 aromatic rings. The lowest BCUT2D eigenvalue weighted by Crippen LogP contribution is -2.28.